The fourth-order valence-corrected chi connectivity index (χ4v) is 1.46. The second-order valence-electron chi connectivity index (χ2n) is 3.16. The molecule has 0 saturated heterocycles. The Labute approximate surface area is 99.3 Å². The van der Waals surface area contributed by atoms with E-state index in [-0.39, 0.29) is 6.10 Å². The van der Waals surface area contributed by atoms with Crippen LogP contribution in [0.2, 0.25) is 10.3 Å². The molecule has 0 aliphatic rings. The summed E-state index contributed by atoms with van der Waals surface area (Å²) in [6.07, 6.45) is 0.0294. The van der Waals surface area contributed by atoms with Crippen LogP contribution in [0.3, 0.4) is 0 Å². The van der Waals surface area contributed by atoms with Gasteiger partial charge in [0, 0.05) is 12.7 Å². The van der Waals surface area contributed by atoms with Crippen LogP contribution in [0, 0.1) is 0 Å². The van der Waals surface area contributed by atoms with E-state index in [4.69, 9.17) is 32.7 Å². The summed E-state index contributed by atoms with van der Waals surface area (Å²) in [7, 11) is 1.64. The van der Waals surface area contributed by atoms with Crippen molar-refractivity contribution in [3.8, 4) is 0 Å². The van der Waals surface area contributed by atoms with Crippen molar-refractivity contribution >= 4 is 23.2 Å². The minimum atomic E-state index is 0.0294. The second-order valence-corrected chi connectivity index (χ2v) is 3.91. The van der Waals surface area contributed by atoms with E-state index in [1.165, 1.54) is 0 Å². The molecule has 0 bridgehead atoms. The highest BCUT2D eigenvalue weighted by atomic mass is 35.5. The van der Waals surface area contributed by atoms with Crippen molar-refractivity contribution in [1.29, 1.82) is 0 Å². The van der Waals surface area contributed by atoms with Crippen molar-refractivity contribution in [2.45, 2.75) is 19.6 Å². The van der Waals surface area contributed by atoms with Crippen LogP contribution in [0.25, 0.3) is 0 Å². The van der Waals surface area contributed by atoms with Crippen LogP contribution in [0.15, 0.2) is 12.1 Å². The lowest BCUT2D eigenvalue weighted by atomic mass is 10.3. The lowest BCUT2D eigenvalue weighted by Gasteiger charge is -2.12. The molecule has 0 N–H and O–H groups in total. The number of aromatic nitrogens is 1. The number of methoxy groups -OCH3 is 1. The summed E-state index contributed by atoms with van der Waals surface area (Å²) in [6, 6.07) is 3.49. The summed E-state index contributed by atoms with van der Waals surface area (Å²) in [5.41, 5.74) is 0.823. The van der Waals surface area contributed by atoms with Gasteiger partial charge in [-0.05, 0) is 13.0 Å². The molecule has 0 aliphatic heterocycles. The molecule has 1 aromatic heterocycles. The molecule has 5 heteroatoms. The zero-order valence-electron chi connectivity index (χ0n) is 8.67. The summed E-state index contributed by atoms with van der Waals surface area (Å²) in [6.45, 7) is 2.90. The third kappa shape index (κ3) is 4.34. The first kappa shape index (κ1) is 12.7. The van der Waals surface area contributed by atoms with Crippen LogP contribution < -0.4 is 0 Å². The van der Waals surface area contributed by atoms with Crippen molar-refractivity contribution in [2.24, 2.45) is 0 Å². The van der Waals surface area contributed by atoms with Crippen molar-refractivity contribution in [1.82, 2.24) is 4.98 Å². The predicted octanol–water partition coefficient (Wildman–Crippen LogP) is 2.94. The smallest absolute Gasteiger partial charge is 0.136 e. The Morgan fingerprint density at radius 2 is 2.13 bits per heavy atom. The lowest BCUT2D eigenvalue weighted by Crippen LogP contribution is -2.14. The van der Waals surface area contributed by atoms with E-state index in [2.05, 4.69) is 4.98 Å². The highest BCUT2D eigenvalue weighted by Crippen LogP contribution is 2.17. The second kappa shape index (κ2) is 6.28. The Bertz CT molecular complexity index is 320. The topological polar surface area (TPSA) is 31.4 Å². The molecule has 84 valence electrons. The molecule has 0 aromatic carbocycles. The maximum atomic E-state index is 5.88. The van der Waals surface area contributed by atoms with Crippen molar-refractivity contribution in [3.05, 3.63) is 28.0 Å². The monoisotopic (exact) mass is 249 g/mol. The first-order valence-corrected chi connectivity index (χ1v) is 5.30. The molecular formula is C10H13Cl2NO2. The molecule has 1 heterocycles. The van der Waals surface area contributed by atoms with Crippen LogP contribution in [0.1, 0.15) is 12.5 Å². The summed E-state index contributed by atoms with van der Waals surface area (Å²) < 4.78 is 10.4. The van der Waals surface area contributed by atoms with Gasteiger partial charge in [0.2, 0.25) is 0 Å². The molecule has 0 radical (unpaired) electrons. The van der Waals surface area contributed by atoms with Gasteiger partial charge in [-0.3, -0.25) is 0 Å². The largest absolute Gasteiger partial charge is 0.382 e. The van der Waals surface area contributed by atoms with Crippen LogP contribution in [-0.4, -0.2) is 24.8 Å². The molecular weight excluding hydrogens is 237 g/mol. The van der Waals surface area contributed by atoms with Gasteiger partial charge in [0.05, 0.1) is 19.3 Å². The fraction of sp³-hybridized carbons (Fsp3) is 0.500. The Kier molecular flexibility index (Phi) is 5.32. The summed E-state index contributed by atoms with van der Waals surface area (Å²) in [5, 5.41) is 0.765. The molecule has 3 nitrogen and oxygen atoms in total. The highest BCUT2D eigenvalue weighted by Gasteiger charge is 2.06. The maximum Gasteiger partial charge on any atom is 0.136 e. The minimum Gasteiger partial charge on any atom is -0.382 e. The first-order chi connectivity index (χ1) is 7.13. The Morgan fingerprint density at radius 1 is 1.40 bits per heavy atom. The zero-order valence-corrected chi connectivity index (χ0v) is 10.2. The first-order valence-electron chi connectivity index (χ1n) is 4.55. The summed E-state index contributed by atoms with van der Waals surface area (Å²) in [4.78, 5) is 3.92. The van der Waals surface area contributed by atoms with Crippen molar-refractivity contribution < 1.29 is 9.47 Å². The Morgan fingerprint density at radius 3 is 2.73 bits per heavy atom. The Hall–Kier alpha value is -0.350. The van der Waals surface area contributed by atoms with Crippen LogP contribution >= 0.6 is 23.2 Å². The van der Waals surface area contributed by atoms with Gasteiger partial charge in [-0.2, -0.15) is 0 Å². The van der Waals surface area contributed by atoms with Gasteiger partial charge < -0.3 is 9.47 Å². The standard InChI is InChI=1S/C10H13Cl2NO2/c1-7(5-14-2)15-6-8-3-4-9(11)13-10(8)12/h3-4,7H,5-6H2,1-2H3. The number of nitrogens with zero attached hydrogens (tertiary/aromatic N) is 1. The number of hydrogen-bond donors (Lipinski definition) is 0. The molecule has 1 aromatic rings. The average Bonchev–Trinajstić information content (AvgIpc) is 2.17. The third-order valence-corrected chi connectivity index (χ3v) is 2.35. The van der Waals surface area contributed by atoms with Gasteiger partial charge in [-0.25, -0.2) is 4.98 Å². The number of halogens is 2. The fourth-order valence-electron chi connectivity index (χ4n) is 1.06. The van der Waals surface area contributed by atoms with Gasteiger partial charge in [0.15, 0.2) is 0 Å². The molecule has 0 amide bonds. The van der Waals surface area contributed by atoms with E-state index in [0.717, 1.165) is 5.56 Å². The summed E-state index contributed by atoms with van der Waals surface area (Å²) in [5.74, 6) is 0. The number of rotatable bonds is 5. The zero-order chi connectivity index (χ0) is 11.3. The van der Waals surface area contributed by atoms with Gasteiger partial charge >= 0.3 is 0 Å². The average molecular weight is 250 g/mol. The third-order valence-electron chi connectivity index (χ3n) is 1.82. The van der Waals surface area contributed by atoms with Crippen molar-refractivity contribution in [3.63, 3.8) is 0 Å². The van der Waals surface area contributed by atoms with E-state index in [1.807, 2.05) is 6.92 Å². The van der Waals surface area contributed by atoms with Gasteiger partial charge in [0.25, 0.3) is 0 Å². The number of pyridine rings is 1. The Balaban J connectivity index is 2.50. The maximum absolute atomic E-state index is 5.88. The van der Waals surface area contributed by atoms with Crippen molar-refractivity contribution in [2.75, 3.05) is 13.7 Å². The molecule has 0 saturated carbocycles. The van der Waals surface area contributed by atoms with Crippen LogP contribution in [-0.2, 0) is 16.1 Å². The molecule has 0 spiro atoms. The van der Waals surface area contributed by atoms with E-state index >= 15 is 0 Å². The molecule has 0 fully saturated rings. The SMILES string of the molecule is COCC(C)OCc1ccc(Cl)nc1Cl. The van der Waals surface area contributed by atoms with E-state index in [0.29, 0.717) is 23.5 Å². The molecule has 1 unspecified atom stereocenters. The predicted molar refractivity (Wildman–Crippen MR) is 60.4 cm³/mol. The number of ether oxygens (including phenoxy) is 2. The van der Waals surface area contributed by atoms with Gasteiger partial charge in [0.1, 0.15) is 10.3 Å². The van der Waals surface area contributed by atoms with E-state index in [9.17, 15) is 0 Å². The van der Waals surface area contributed by atoms with Gasteiger partial charge in [-0.15, -0.1) is 0 Å². The number of hydrogen-bond acceptors (Lipinski definition) is 3. The minimum absolute atomic E-state index is 0.0294. The van der Waals surface area contributed by atoms with Gasteiger partial charge in [-0.1, -0.05) is 29.3 Å². The van der Waals surface area contributed by atoms with Crippen LogP contribution in [0.4, 0.5) is 0 Å². The highest BCUT2D eigenvalue weighted by molar-refractivity contribution is 6.32. The lowest BCUT2D eigenvalue weighted by molar-refractivity contribution is -0.000183. The quantitative estimate of drug-likeness (QED) is 0.753. The van der Waals surface area contributed by atoms with E-state index < -0.39 is 0 Å². The van der Waals surface area contributed by atoms with E-state index in [1.54, 1.807) is 19.2 Å². The molecule has 1 rings (SSSR count). The van der Waals surface area contributed by atoms with Crippen LogP contribution in [0.5, 0.6) is 0 Å². The molecule has 1 atom stereocenters. The molecule has 0 aliphatic carbocycles. The summed E-state index contributed by atoms with van der Waals surface area (Å²) >= 11 is 11.6. The molecule has 15 heavy (non-hydrogen) atoms. The normalized spacial score (nSPS) is 12.8.